The molecule has 0 saturated heterocycles. The molecule has 22 heavy (non-hydrogen) atoms. The van der Waals surface area contributed by atoms with Crippen LogP contribution in [-0.2, 0) is 21.2 Å². The molecule has 1 aromatic rings. The molecule has 0 spiro atoms. The number of anilines is 1. The predicted molar refractivity (Wildman–Crippen MR) is 87.5 cm³/mol. The van der Waals surface area contributed by atoms with Gasteiger partial charge in [0.05, 0.1) is 4.90 Å². The van der Waals surface area contributed by atoms with Crippen LogP contribution in [0.3, 0.4) is 0 Å². The molecule has 0 fully saturated rings. The van der Waals surface area contributed by atoms with E-state index in [4.69, 9.17) is 0 Å². The molecule has 0 aliphatic carbocycles. The first-order valence-electron chi connectivity index (χ1n) is 7.81. The zero-order chi connectivity index (χ0) is 16.3. The Morgan fingerprint density at radius 3 is 2.68 bits per heavy atom. The van der Waals surface area contributed by atoms with Crippen molar-refractivity contribution in [3.8, 4) is 0 Å². The smallest absolute Gasteiger partial charge is 0.242 e. The van der Waals surface area contributed by atoms with Gasteiger partial charge in [-0.05, 0) is 36.6 Å². The normalized spacial score (nSPS) is 14.5. The van der Waals surface area contributed by atoms with Gasteiger partial charge in [-0.2, -0.15) is 0 Å². The molecular weight excluding hydrogens is 300 g/mol. The maximum absolute atomic E-state index is 12.6. The summed E-state index contributed by atoms with van der Waals surface area (Å²) in [5.41, 5.74) is 1.79. The molecule has 0 atom stereocenters. The van der Waals surface area contributed by atoms with Crippen molar-refractivity contribution in [2.75, 3.05) is 25.0 Å². The van der Waals surface area contributed by atoms with Crippen molar-refractivity contribution in [1.29, 1.82) is 0 Å². The van der Waals surface area contributed by atoms with Gasteiger partial charge in [-0.15, -0.1) is 0 Å². The Bertz CT molecular complexity index is 655. The molecule has 0 bridgehead atoms. The lowest BCUT2D eigenvalue weighted by atomic mass is 10.2. The van der Waals surface area contributed by atoms with E-state index in [0.29, 0.717) is 30.8 Å². The van der Waals surface area contributed by atoms with Gasteiger partial charge in [0.1, 0.15) is 0 Å². The Hall–Kier alpha value is -1.40. The Morgan fingerprint density at radius 1 is 1.32 bits per heavy atom. The van der Waals surface area contributed by atoms with Gasteiger partial charge in [-0.1, -0.05) is 20.3 Å². The summed E-state index contributed by atoms with van der Waals surface area (Å²) in [6.07, 6.45) is 2.97. The number of carbonyl (C=O) groups excluding carboxylic acids is 1. The molecule has 0 N–H and O–H groups in total. The highest BCUT2D eigenvalue weighted by Gasteiger charge is 2.27. The lowest BCUT2D eigenvalue weighted by molar-refractivity contribution is -0.118. The number of carbonyl (C=O) groups is 1. The molecular formula is C16H24N2O3S. The van der Waals surface area contributed by atoms with E-state index in [1.54, 1.807) is 30.1 Å². The van der Waals surface area contributed by atoms with Gasteiger partial charge >= 0.3 is 0 Å². The summed E-state index contributed by atoms with van der Waals surface area (Å²) in [6.45, 7) is 5.03. The Balaban J connectivity index is 2.27. The van der Waals surface area contributed by atoms with Crippen molar-refractivity contribution < 1.29 is 13.2 Å². The molecule has 0 unspecified atom stereocenters. The zero-order valence-corrected chi connectivity index (χ0v) is 14.3. The van der Waals surface area contributed by atoms with Crippen LogP contribution >= 0.6 is 0 Å². The molecule has 1 aliphatic rings. The number of sulfonamides is 1. The minimum absolute atomic E-state index is 0.0782. The van der Waals surface area contributed by atoms with Crippen LogP contribution in [0.1, 0.15) is 38.7 Å². The first kappa shape index (κ1) is 17.0. The number of unbranched alkanes of at least 4 members (excludes halogenated alkanes) is 1. The maximum atomic E-state index is 12.6. The lowest BCUT2D eigenvalue weighted by Gasteiger charge is -2.19. The second kappa shape index (κ2) is 6.79. The van der Waals surface area contributed by atoms with Gasteiger partial charge in [0.25, 0.3) is 0 Å². The third-order valence-electron chi connectivity index (χ3n) is 4.08. The van der Waals surface area contributed by atoms with Crippen LogP contribution in [-0.4, -0.2) is 38.8 Å². The molecule has 1 heterocycles. The summed E-state index contributed by atoms with van der Waals surface area (Å²) >= 11 is 0. The fourth-order valence-corrected chi connectivity index (χ4v) is 3.93. The van der Waals surface area contributed by atoms with Crippen LogP contribution < -0.4 is 4.90 Å². The number of nitrogens with zero attached hydrogens (tertiary/aromatic N) is 2. The minimum Gasteiger partial charge on any atom is -0.312 e. The minimum atomic E-state index is -3.45. The molecule has 1 amide bonds. The Labute approximate surface area is 133 Å². The maximum Gasteiger partial charge on any atom is 0.242 e. The van der Waals surface area contributed by atoms with E-state index < -0.39 is 10.0 Å². The van der Waals surface area contributed by atoms with Crippen LogP contribution in [0.2, 0.25) is 0 Å². The molecule has 0 saturated carbocycles. The molecule has 5 nitrogen and oxygen atoms in total. The van der Waals surface area contributed by atoms with Crippen molar-refractivity contribution in [3.63, 3.8) is 0 Å². The second-order valence-corrected chi connectivity index (χ2v) is 7.66. The monoisotopic (exact) mass is 324 g/mol. The average molecular weight is 324 g/mol. The van der Waals surface area contributed by atoms with Crippen molar-refractivity contribution in [2.24, 2.45) is 0 Å². The summed E-state index contributed by atoms with van der Waals surface area (Å²) in [6, 6.07) is 5.09. The standard InChI is InChI=1S/C16H24N2O3S/c1-4-6-10-17(3)22(20,21)14-7-8-15-13(12-14)9-11-18(15)16(19)5-2/h7-8,12H,4-6,9-11H2,1-3H3. The van der Waals surface area contributed by atoms with Crippen LogP contribution in [0.15, 0.2) is 23.1 Å². The molecule has 2 rings (SSSR count). The van der Waals surface area contributed by atoms with E-state index in [-0.39, 0.29) is 5.91 Å². The van der Waals surface area contributed by atoms with Crippen molar-refractivity contribution in [2.45, 2.75) is 44.4 Å². The van der Waals surface area contributed by atoms with E-state index in [1.807, 2.05) is 13.8 Å². The van der Waals surface area contributed by atoms with E-state index in [2.05, 4.69) is 0 Å². The third kappa shape index (κ3) is 3.17. The second-order valence-electron chi connectivity index (χ2n) is 5.62. The average Bonchev–Trinajstić information content (AvgIpc) is 2.94. The zero-order valence-electron chi connectivity index (χ0n) is 13.5. The lowest BCUT2D eigenvalue weighted by Crippen LogP contribution is -2.28. The largest absolute Gasteiger partial charge is 0.312 e. The van der Waals surface area contributed by atoms with Crippen LogP contribution in [0.25, 0.3) is 0 Å². The quantitative estimate of drug-likeness (QED) is 0.807. The number of hydrogen-bond acceptors (Lipinski definition) is 3. The van der Waals surface area contributed by atoms with Crippen molar-refractivity contribution >= 4 is 21.6 Å². The Kier molecular flexibility index (Phi) is 5.24. The Morgan fingerprint density at radius 2 is 2.05 bits per heavy atom. The summed E-state index contributed by atoms with van der Waals surface area (Å²) in [7, 11) is -1.83. The molecule has 1 aromatic carbocycles. The molecule has 122 valence electrons. The fourth-order valence-electron chi connectivity index (χ4n) is 2.67. The van der Waals surface area contributed by atoms with Gasteiger partial charge in [0.15, 0.2) is 0 Å². The van der Waals surface area contributed by atoms with E-state index >= 15 is 0 Å². The van der Waals surface area contributed by atoms with Gasteiger partial charge < -0.3 is 4.90 Å². The summed E-state index contributed by atoms with van der Waals surface area (Å²) in [5, 5.41) is 0. The highest BCUT2D eigenvalue weighted by molar-refractivity contribution is 7.89. The van der Waals surface area contributed by atoms with E-state index in [0.717, 1.165) is 24.1 Å². The number of rotatable bonds is 6. The summed E-state index contributed by atoms with van der Waals surface area (Å²) in [4.78, 5) is 13.9. The SMILES string of the molecule is CCCCN(C)S(=O)(=O)c1ccc2c(c1)CCN2C(=O)CC. The number of benzene rings is 1. The third-order valence-corrected chi connectivity index (χ3v) is 5.94. The molecule has 0 radical (unpaired) electrons. The molecule has 1 aliphatic heterocycles. The van der Waals surface area contributed by atoms with Crippen LogP contribution in [0, 0.1) is 0 Å². The van der Waals surface area contributed by atoms with E-state index in [9.17, 15) is 13.2 Å². The van der Waals surface area contributed by atoms with Crippen molar-refractivity contribution in [1.82, 2.24) is 4.31 Å². The number of amides is 1. The van der Waals surface area contributed by atoms with Gasteiger partial charge in [0.2, 0.25) is 15.9 Å². The van der Waals surface area contributed by atoms with Gasteiger partial charge in [0, 0.05) is 32.2 Å². The molecule has 0 aromatic heterocycles. The number of hydrogen-bond donors (Lipinski definition) is 0. The molecule has 6 heteroatoms. The van der Waals surface area contributed by atoms with Gasteiger partial charge in [-0.25, -0.2) is 12.7 Å². The first-order valence-corrected chi connectivity index (χ1v) is 9.25. The van der Waals surface area contributed by atoms with Crippen LogP contribution in [0.5, 0.6) is 0 Å². The topological polar surface area (TPSA) is 57.7 Å². The highest BCUT2D eigenvalue weighted by Crippen LogP contribution is 2.31. The van der Waals surface area contributed by atoms with Gasteiger partial charge in [-0.3, -0.25) is 4.79 Å². The predicted octanol–water partition coefficient (Wildman–Crippen LogP) is 2.41. The van der Waals surface area contributed by atoms with E-state index in [1.165, 1.54) is 4.31 Å². The summed E-state index contributed by atoms with van der Waals surface area (Å²) in [5.74, 6) is 0.0782. The first-order chi connectivity index (χ1) is 10.4. The fraction of sp³-hybridized carbons (Fsp3) is 0.562. The van der Waals surface area contributed by atoms with Crippen molar-refractivity contribution in [3.05, 3.63) is 23.8 Å². The highest BCUT2D eigenvalue weighted by atomic mass is 32.2. The van der Waals surface area contributed by atoms with Crippen LogP contribution in [0.4, 0.5) is 5.69 Å². The summed E-state index contributed by atoms with van der Waals surface area (Å²) < 4.78 is 26.5. The number of fused-ring (bicyclic) bond motifs is 1.